The minimum atomic E-state index is -4.72. The number of hydrogen-bond acceptors (Lipinski definition) is 4. The van der Waals surface area contributed by atoms with Crippen molar-refractivity contribution in [2.75, 3.05) is 40.5 Å². The Kier molecular flexibility index (Phi) is 11.7. The van der Waals surface area contributed by atoms with Gasteiger partial charge in [-0.15, -0.1) is 37.1 Å². The smallest absolute Gasteiger partial charge is 0.405 e. The van der Waals surface area contributed by atoms with Gasteiger partial charge in [-0.2, -0.15) is 0 Å². The van der Waals surface area contributed by atoms with Crippen LogP contribution in [-0.2, 0) is 16.0 Å². The molecule has 0 saturated carbocycles. The largest absolute Gasteiger partial charge is 0.573 e. The summed E-state index contributed by atoms with van der Waals surface area (Å²) < 4.78 is 52.6. The number of likely N-dealkylation sites (tertiary alicyclic amines) is 1. The van der Waals surface area contributed by atoms with Crippen molar-refractivity contribution in [3.05, 3.63) is 29.8 Å². The van der Waals surface area contributed by atoms with Gasteiger partial charge in [0.25, 0.3) is 0 Å². The highest BCUT2D eigenvalue weighted by molar-refractivity contribution is 14.0. The molecule has 0 aliphatic carbocycles. The van der Waals surface area contributed by atoms with Crippen LogP contribution in [0.4, 0.5) is 13.2 Å². The highest BCUT2D eigenvalue weighted by Crippen LogP contribution is 2.26. The van der Waals surface area contributed by atoms with E-state index in [1.165, 1.54) is 12.1 Å². The lowest BCUT2D eigenvalue weighted by Crippen LogP contribution is -2.46. The van der Waals surface area contributed by atoms with Gasteiger partial charge in [0, 0.05) is 52.6 Å². The number of para-hydroxylation sites is 1. The molecule has 1 aromatic carbocycles. The second-order valence-electron chi connectivity index (χ2n) is 6.46. The standard InChI is InChI=1S/C19H28F3N3O3.HI/c1-23-18(25-10-8-16(9-11-25)27-13-5-12-26-2)24-14-15-6-3-4-7-17(15)28-19(20,21)22;/h3-4,6-7,16H,5,8-14H2,1-2H3,(H,23,24);1H. The highest BCUT2D eigenvalue weighted by Gasteiger charge is 2.32. The Labute approximate surface area is 186 Å². The number of hydrogen-bond donors (Lipinski definition) is 1. The Morgan fingerprint density at radius 3 is 2.52 bits per heavy atom. The zero-order valence-electron chi connectivity index (χ0n) is 16.7. The first-order valence-electron chi connectivity index (χ1n) is 9.32. The van der Waals surface area contributed by atoms with Gasteiger partial charge in [-0.25, -0.2) is 0 Å². The Bertz CT molecular complexity index is 624. The molecule has 1 aromatic rings. The van der Waals surface area contributed by atoms with Crippen LogP contribution in [0, 0.1) is 0 Å². The molecule has 0 atom stereocenters. The Balaban J connectivity index is 0.00000420. The number of rotatable bonds is 8. The molecule has 6 nitrogen and oxygen atoms in total. The van der Waals surface area contributed by atoms with Gasteiger partial charge >= 0.3 is 6.36 Å². The maximum atomic E-state index is 12.6. The average Bonchev–Trinajstić information content (AvgIpc) is 2.67. The second kappa shape index (κ2) is 13.1. The summed E-state index contributed by atoms with van der Waals surface area (Å²) >= 11 is 0. The van der Waals surface area contributed by atoms with Gasteiger partial charge in [-0.3, -0.25) is 4.99 Å². The minimum absolute atomic E-state index is 0. The number of alkyl halides is 3. The van der Waals surface area contributed by atoms with Crippen LogP contribution in [0.3, 0.4) is 0 Å². The van der Waals surface area contributed by atoms with Gasteiger partial charge in [0.1, 0.15) is 5.75 Å². The molecule has 0 aromatic heterocycles. The molecule has 1 heterocycles. The summed E-state index contributed by atoms with van der Waals surface area (Å²) in [5.74, 6) is 0.445. The van der Waals surface area contributed by atoms with E-state index in [1.54, 1.807) is 26.3 Å². The van der Waals surface area contributed by atoms with Crippen molar-refractivity contribution in [1.29, 1.82) is 0 Å². The first-order chi connectivity index (χ1) is 13.4. The number of benzene rings is 1. The van der Waals surface area contributed by atoms with Crippen molar-refractivity contribution in [2.45, 2.75) is 38.3 Å². The summed E-state index contributed by atoms with van der Waals surface area (Å²) in [7, 11) is 3.33. The number of nitrogens with one attached hydrogen (secondary N) is 1. The molecule has 10 heteroatoms. The van der Waals surface area contributed by atoms with E-state index >= 15 is 0 Å². The molecule has 1 saturated heterocycles. The minimum Gasteiger partial charge on any atom is -0.405 e. The zero-order valence-corrected chi connectivity index (χ0v) is 19.0. The Morgan fingerprint density at radius 1 is 1.21 bits per heavy atom. The number of halogens is 4. The molecule has 0 unspecified atom stereocenters. The predicted octanol–water partition coefficient (Wildman–Crippen LogP) is 3.80. The first kappa shape index (κ1) is 25.8. The Hall–Kier alpha value is -1.27. The fourth-order valence-corrected chi connectivity index (χ4v) is 3.07. The van der Waals surface area contributed by atoms with Crippen molar-refractivity contribution >= 4 is 29.9 Å². The number of methoxy groups -OCH3 is 1. The number of guanidine groups is 1. The molecule has 1 aliphatic heterocycles. The van der Waals surface area contributed by atoms with Crippen LogP contribution in [0.25, 0.3) is 0 Å². The van der Waals surface area contributed by atoms with Crippen LogP contribution in [0.1, 0.15) is 24.8 Å². The summed E-state index contributed by atoms with van der Waals surface area (Å²) in [5, 5.41) is 3.13. The van der Waals surface area contributed by atoms with E-state index in [2.05, 4.69) is 19.9 Å². The quantitative estimate of drug-likeness (QED) is 0.240. The summed E-state index contributed by atoms with van der Waals surface area (Å²) in [6, 6.07) is 6.09. The van der Waals surface area contributed by atoms with Crippen molar-refractivity contribution in [3.8, 4) is 5.75 Å². The normalized spacial score (nSPS) is 15.8. The summed E-state index contributed by atoms with van der Waals surface area (Å²) in [5.41, 5.74) is 0.414. The van der Waals surface area contributed by atoms with Crippen LogP contribution in [0.2, 0.25) is 0 Å². The van der Waals surface area contributed by atoms with Gasteiger partial charge in [-0.1, -0.05) is 18.2 Å². The first-order valence-corrected chi connectivity index (χ1v) is 9.32. The van der Waals surface area contributed by atoms with Crippen molar-refractivity contribution in [1.82, 2.24) is 10.2 Å². The lowest BCUT2D eigenvalue weighted by Gasteiger charge is -2.34. The van der Waals surface area contributed by atoms with Crippen LogP contribution in [0.15, 0.2) is 29.3 Å². The SMILES string of the molecule is CN=C(NCc1ccccc1OC(F)(F)F)N1CCC(OCCCOC)CC1.I. The third kappa shape index (κ3) is 9.39. The zero-order chi connectivity index (χ0) is 20.4. The predicted molar refractivity (Wildman–Crippen MR) is 116 cm³/mol. The summed E-state index contributed by atoms with van der Waals surface area (Å²) in [6.45, 7) is 3.10. The summed E-state index contributed by atoms with van der Waals surface area (Å²) in [4.78, 5) is 6.34. The lowest BCUT2D eigenvalue weighted by molar-refractivity contribution is -0.274. The number of ether oxygens (including phenoxy) is 3. The van der Waals surface area contributed by atoms with Crippen LogP contribution < -0.4 is 10.1 Å². The maximum Gasteiger partial charge on any atom is 0.573 e. The van der Waals surface area contributed by atoms with Gasteiger partial charge in [0.05, 0.1) is 6.10 Å². The molecule has 0 amide bonds. The van der Waals surface area contributed by atoms with E-state index in [9.17, 15) is 13.2 Å². The lowest BCUT2D eigenvalue weighted by atomic mass is 10.1. The van der Waals surface area contributed by atoms with E-state index in [-0.39, 0.29) is 42.4 Å². The van der Waals surface area contributed by atoms with Gasteiger partial charge < -0.3 is 24.4 Å². The third-order valence-corrected chi connectivity index (χ3v) is 4.43. The second-order valence-corrected chi connectivity index (χ2v) is 6.46. The molecular weight excluding hydrogens is 502 g/mol. The average molecular weight is 531 g/mol. The molecule has 29 heavy (non-hydrogen) atoms. The van der Waals surface area contributed by atoms with Crippen molar-refractivity contribution < 1.29 is 27.4 Å². The molecule has 0 radical (unpaired) electrons. The van der Waals surface area contributed by atoms with E-state index < -0.39 is 6.36 Å². The molecule has 0 spiro atoms. The number of piperidine rings is 1. The molecule has 0 bridgehead atoms. The topological polar surface area (TPSA) is 55.3 Å². The monoisotopic (exact) mass is 531 g/mol. The van der Waals surface area contributed by atoms with Crippen molar-refractivity contribution in [3.63, 3.8) is 0 Å². The maximum absolute atomic E-state index is 12.6. The van der Waals surface area contributed by atoms with E-state index in [0.29, 0.717) is 24.7 Å². The van der Waals surface area contributed by atoms with Crippen LogP contribution in [-0.4, -0.2) is 63.8 Å². The van der Waals surface area contributed by atoms with E-state index in [1.807, 2.05) is 0 Å². The Morgan fingerprint density at radius 2 is 1.90 bits per heavy atom. The summed E-state index contributed by atoms with van der Waals surface area (Å²) in [6.07, 6.45) is -1.88. The van der Waals surface area contributed by atoms with Gasteiger partial charge in [0.15, 0.2) is 5.96 Å². The van der Waals surface area contributed by atoms with Crippen molar-refractivity contribution in [2.24, 2.45) is 4.99 Å². The molecular formula is C19H29F3IN3O3. The highest BCUT2D eigenvalue weighted by atomic mass is 127. The fourth-order valence-electron chi connectivity index (χ4n) is 3.07. The molecule has 166 valence electrons. The third-order valence-electron chi connectivity index (χ3n) is 4.43. The molecule has 2 rings (SSSR count). The number of aliphatic imine (C=N–C) groups is 1. The molecule has 1 N–H and O–H groups in total. The van der Waals surface area contributed by atoms with Gasteiger partial charge in [0.2, 0.25) is 0 Å². The van der Waals surface area contributed by atoms with Crippen LogP contribution >= 0.6 is 24.0 Å². The fraction of sp³-hybridized carbons (Fsp3) is 0.632. The number of nitrogens with zero attached hydrogens (tertiary/aromatic N) is 2. The van der Waals surface area contributed by atoms with E-state index in [4.69, 9.17) is 9.47 Å². The molecule has 1 aliphatic rings. The van der Waals surface area contributed by atoms with Crippen LogP contribution in [0.5, 0.6) is 5.75 Å². The molecule has 1 fully saturated rings. The van der Waals surface area contributed by atoms with E-state index in [0.717, 1.165) is 32.4 Å². The van der Waals surface area contributed by atoms with Gasteiger partial charge in [-0.05, 0) is 25.3 Å².